The van der Waals surface area contributed by atoms with E-state index in [0.717, 1.165) is 0 Å². The van der Waals surface area contributed by atoms with E-state index in [1.54, 1.807) is 0 Å². The Morgan fingerprint density at radius 1 is 0.500 bits per heavy atom. The van der Waals surface area contributed by atoms with E-state index >= 15 is 0 Å². The van der Waals surface area contributed by atoms with E-state index in [0.29, 0.717) is 0 Å². The fourth-order valence-corrected chi connectivity index (χ4v) is 5.83. The first-order chi connectivity index (χ1) is 9.82. The molecule has 108 valence electrons. The molecule has 0 aliphatic heterocycles. The van der Waals surface area contributed by atoms with Crippen molar-refractivity contribution in [2.45, 2.75) is 0 Å². The summed E-state index contributed by atoms with van der Waals surface area (Å²) in [5.41, 5.74) is 0. The Hall–Kier alpha value is 0.206. The van der Waals surface area contributed by atoms with Crippen molar-refractivity contribution in [2.24, 2.45) is 0 Å². The molecular weight excluding hydrogens is 378 g/mol. The van der Waals surface area contributed by atoms with E-state index in [1.807, 2.05) is 0 Å². The minimum absolute atomic E-state index is 0. The van der Waals surface area contributed by atoms with Crippen molar-refractivity contribution in [1.29, 1.82) is 0 Å². The van der Waals surface area contributed by atoms with Gasteiger partial charge in [0.2, 0.25) is 0 Å². The van der Waals surface area contributed by atoms with Crippen LogP contribution in [0.25, 0.3) is 0 Å². The summed E-state index contributed by atoms with van der Waals surface area (Å²) >= 11 is 0. The molecule has 0 nitrogen and oxygen atoms in total. The molecular formula is C19H19BrKP. The zero-order valence-electron chi connectivity index (χ0n) is 12.0. The van der Waals surface area contributed by atoms with Crippen LogP contribution in [0.1, 0.15) is 0 Å². The second-order valence-corrected chi connectivity index (χ2v) is 8.57. The van der Waals surface area contributed by atoms with Gasteiger partial charge in [0.1, 0.15) is 23.2 Å². The van der Waals surface area contributed by atoms with Gasteiger partial charge in [-0.25, -0.2) is 0 Å². The van der Waals surface area contributed by atoms with Crippen LogP contribution in [0.3, 0.4) is 0 Å². The predicted molar refractivity (Wildman–Crippen MR) is 98.2 cm³/mol. The van der Waals surface area contributed by atoms with Gasteiger partial charge in [0.05, 0.1) is 6.66 Å². The van der Waals surface area contributed by atoms with Crippen molar-refractivity contribution in [3.63, 3.8) is 0 Å². The molecule has 0 aromatic heterocycles. The summed E-state index contributed by atoms with van der Waals surface area (Å²) in [6.07, 6.45) is 0. The summed E-state index contributed by atoms with van der Waals surface area (Å²) in [6, 6.07) is 32.6. The zero-order chi connectivity index (χ0) is 13.8. The molecule has 0 radical (unpaired) electrons. The van der Waals surface area contributed by atoms with Crippen LogP contribution >= 0.6 is 7.26 Å². The van der Waals surface area contributed by atoms with Gasteiger partial charge >= 0.3 is 51.4 Å². The average Bonchev–Trinajstić information content (AvgIpc) is 2.56. The quantitative estimate of drug-likeness (QED) is 0.430. The molecule has 0 heterocycles. The van der Waals surface area contributed by atoms with Gasteiger partial charge in [-0.05, 0) is 36.4 Å². The van der Waals surface area contributed by atoms with Crippen LogP contribution in [0.5, 0.6) is 0 Å². The van der Waals surface area contributed by atoms with Gasteiger partial charge in [0.25, 0.3) is 0 Å². The summed E-state index contributed by atoms with van der Waals surface area (Å²) in [5, 5.41) is 4.28. The molecule has 3 aromatic carbocycles. The summed E-state index contributed by atoms with van der Waals surface area (Å²) in [5.74, 6) is 0. The zero-order valence-corrected chi connectivity index (χ0v) is 14.5. The minimum atomic E-state index is -1.53. The first-order valence-corrected chi connectivity index (χ1v) is 9.09. The van der Waals surface area contributed by atoms with Gasteiger partial charge in [-0.1, -0.05) is 54.6 Å². The van der Waals surface area contributed by atoms with Crippen molar-refractivity contribution in [3.8, 4) is 0 Å². The molecule has 22 heavy (non-hydrogen) atoms. The van der Waals surface area contributed by atoms with Crippen molar-refractivity contribution in [1.82, 2.24) is 0 Å². The molecule has 3 heteroatoms. The molecule has 0 saturated heterocycles. The van der Waals surface area contributed by atoms with Gasteiger partial charge in [0, 0.05) is 0 Å². The molecule has 0 N–H and O–H groups in total. The summed E-state index contributed by atoms with van der Waals surface area (Å²) in [7, 11) is -1.53. The van der Waals surface area contributed by atoms with Crippen LogP contribution in [0, 0.1) is 0 Å². The number of rotatable bonds is 3. The normalized spacial score (nSPS) is 10.2. The maximum atomic E-state index is 2.41. The molecule has 0 aliphatic carbocycles. The van der Waals surface area contributed by atoms with Crippen LogP contribution in [0.4, 0.5) is 0 Å². The predicted octanol–water partition coefficient (Wildman–Crippen LogP) is -0.0342. The molecule has 0 spiro atoms. The first kappa shape index (κ1) is 20.3. The molecule has 0 fully saturated rings. The molecule has 0 aliphatic rings. The third-order valence-electron chi connectivity index (χ3n) is 3.82. The second kappa shape index (κ2) is 9.49. The number of hydrogen-bond acceptors (Lipinski definition) is 0. The van der Waals surface area contributed by atoms with Crippen LogP contribution in [0.2, 0.25) is 0 Å². The van der Waals surface area contributed by atoms with Crippen molar-refractivity contribution >= 4 is 74.6 Å². The van der Waals surface area contributed by atoms with Crippen LogP contribution in [-0.4, -0.2) is 58.0 Å². The summed E-state index contributed by atoms with van der Waals surface area (Å²) in [4.78, 5) is 0. The van der Waals surface area contributed by atoms with Crippen molar-refractivity contribution in [3.05, 3.63) is 91.0 Å². The van der Waals surface area contributed by atoms with Crippen LogP contribution in [-0.2, 0) is 0 Å². The maximum absolute atomic E-state index is 2.41. The average molecular weight is 397 g/mol. The second-order valence-electron chi connectivity index (χ2n) is 5.01. The van der Waals surface area contributed by atoms with E-state index < -0.39 is 7.26 Å². The molecule has 3 aromatic rings. The van der Waals surface area contributed by atoms with Gasteiger partial charge in [0.15, 0.2) is 0 Å². The molecule has 0 bridgehead atoms. The standard InChI is InChI=1S/C19H18P.BrH.K.H/c1-20(17-11-5-2-6-12-17,18-13-7-3-8-14-18)19-15-9-4-10-16-19;;;/h2-16H,1H3;1H;;/q+1;;;/p-1. The SMILES string of the molecule is C[P+](c1ccccc1)(c1ccccc1)c1ccccc1.[Br-].[KH]. The Morgan fingerprint density at radius 2 is 0.727 bits per heavy atom. The number of halogens is 1. The summed E-state index contributed by atoms with van der Waals surface area (Å²) in [6.45, 7) is 2.41. The van der Waals surface area contributed by atoms with E-state index in [2.05, 4.69) is 97.7 Å². The number of benzene rings is 3. The Balaban J connectivity index is 0.00000121. The molecule has 0 unspecified atom stereocenters. The van der Waals surface area contributed by atoms with Crippen LogP contribution < -0.4 is 32.9 Å². The fourth-order valence-electron chi connectivity index (χ4n) is 2.63. The molecule has 0 amide bonds. The van der Waals surface area contributed by atoms with Crippen molar-refractivity contribution in [2.75, 3.05) is 6.66 Å². The Bertz CT molecular complexity index is 575. The summed E-state index contributed by atoms with van der Waals surface area (Å²) < 4.78 is 0. The van der Waals surface area contributed by atoms with Crippen LogP contribution in [0.15, 0.2) is 91.0 Å². The molecule has 3 rings (SSSR count). The van der Waals surface area contributed by atoms with E-state index in [4.69, 9.17) is 0 Å². The van der Waals surface area contributed by atoms with E-state index in [9.17, 15) is 0 Å². The van der Waals surface area contributed by atoms with E-state index in [1.165, 1.54) is 15.9 Å². The van der Waals surface area contributed by atoms with Crippen molar-refractivity contribution < 1.29 is 17.0 Å². The Morgan fingerprint density at radius 3 is 0.955 bits per heavy atom. The molecule has 0 atom stereocenters. The topological polar surface area (TPSA) is 0 Å². The van der Waals surface area contributed by atoms with Gasteiger partial charge in [-0.3, -0.25) is 0 Å². The first-order valence-electron chi connectivity index (χ1n) is 6.85. The molecule has 0 saturated carbocycles. The Labute approximate surface area is 186 Å². The number of hydrogen-bond donors (Lipinski definition) is 0. The van der Waals surface area contributed by atoms with Gasteiger partial charge in [-0.15, -0.1) is 0 Å². The monoisotopic (exact) mass is 396 g/mol. The third kappa shape index (κ3) is 4.18. The Kier molecular flexibility index (Phi) is 8.74. The van der Waals surface area contributed by atoms with E-state index in [-0.39, 0.29) is 68.4 Å². The third-order valence-corrected chi connectivity index (χ3v) is 7.81. The fraction of sp³-hybridized carbons (Fsp3) is 0.0526. The van der Waals surface area contributed by atoms with Gasteiger partial charge in [-0.2, -0.15) is 0 Å². The van der Waals surface area contributed by atoms with Gasteiger partial charge < -0.3 is 17.0 Å².